The summed E-state index contributed by atoms with van der Waals surface area (Å²) in [5.74, 6) is -0.0389. The molecule has 1 aliphatic heterocycles. The summed E-state index contributed by atoms with van der Waals surface area (Å²) in [6.45, 7) is 2.22. The molecule has 1 amide bonds. The van der Waals surface area contributed by atoms with Crippen molar-refractivity contribution in [2.45, 2.75) is 12.7 Å². The fourth-order valence-corrected chi connectivity index (χ4v) is 3.78. The smallest absolute Gasteiger partial charge is 0.378 e. The zero-order chi connectivity index (χ0) is 22.7. The molecule has 1 fully saturated rings. The summed E-state index contributed by atoms with van der Waals surface area (Å²) in [5, 5.41) is 10.5. The number of ether oxygens (including phenoxy) is 1. The molecular weight excluding hydrogens is 419 g/mol. The second-order valence-corrected chi connectivity index (χ2v) is 7.47. The molecule has 0 saturated carbocycles. The minimum absolute atomic E-state index is 0.0389. The maximum Gasteiger partial charge on any atom is 0.416 e. The molecule has 1 aliphatic rings. The van der Waals surface area contributed by atoms with Gasteiger partial charge in [-0.3, -0.25) is 4.79 Å². The van der Waals surface area contributed by atoms with Gasteiger partial charge in [-0.1, -0.05) is 30.3 Å². The maximum absolute atomic E-state index is 13.1. The number of benzene rings is 2. The Morgan fingerprint density at radius 3 is 2.59 bits per heavy atom. The third-order valence-corrected chi connectivity index (χ3v) is 5.41. The number of aromatic nitrogens is 1. The molecule has 2 aromatic carbocycles. The van der Waals surface area contributed by atoms with Gasteiger partial charge in [0.15, 0.2) is 0 Å². The van der Waals surface area contributed by atoms with Gasteiger partial charge >= 0.3 is 6.18 Å². The fraction of sp³-hybridized carbons (Fsp3) is 0.250. The van der Waals surface area contributed by atoms with Gasteiger partial charge in [0.2, 0.25) is 5.91 Å². The number of morpholine rings is 1. The van der Waals surface area contributed by atoms with Crippen molar-refractivity contribution in [3.63, 3.8) is 0 Å². The van der Waals surface area contributed by atoms with Crippen LogP contribution in [0, 0.1) is 11.3 Å². The lowest BCUT2D eigenvalue weighted by molar-refractivity contribution is -0.137. The molecule has 0 aliphatic carbocycles. The lowest BCUT2D eigenvalue weighted by Gasteiger charge is -2.27. The van der Waals surface area contributed by atoms with E-state index in [1.165, 1.54) is 12.1 Å². The molecule has 2 heterocycles. The molecule has 32 heavy (non-hydrogen) atoms. The Bertz CT molecular complexity index is 1220. The van der Waals surface area contributed by atoms with Crippen molar-refractivity contribution in [3.05, 3.63) is 71.4 Å². The van der Waals surface area contributed by atoms with Crippen LogP contribution in [0.4, 0.5) is 13.2 Å². The molecule has 4 rings (SSSR count). The van der Waals surface area contributed by atoms with Crippen LogP contribution in [-0.4, -0.2) is 41.7 Å². The molecule has 1 saturated heterocycles. The molecular formula is C24H20F3N3O2. The van der Waals surface area contributed by atoms with Crippen molar-refractivity contribution in [2.24, 2.45) is 0 Å². The van der Waals surface area contributed by atoms with E-state index in [0.29, 0.717) is 31.9 Å². The van der Waals surface area contributed by atoms with Gasteiger partial charge < -0.3 is 14.2 Å². The lowest BCUT2D eigenvalue weighted by atomic mass is 10.0. The first-order chi connectivity index (χ1) is 15.4. The molecule has 1 aromatic heterocycles. The number of para-hydroxylation sites is 1. The second-order valence-electron chi connectivity index (χ2n) is 7.47. The van der Waals surface area contributed by atoms with E-state index in [4.69, 9.17) is 4.74 Å². The summed E-state index contributed by atoms with van der Waals surface area (Å²) in [6.07, 6.45) is -1.17. The molecule has 0 unspecified atom stereocenters. The number of hydrogen-bond acceptors (Lipinski definition) is 3. The summed E-state index contributed by atoms with van der Waals surface area (Å²) in [5.41, 5.74) is 0.947. The minimum Gasteiger partial charge on any atom is -0.378 e. The normalized spacial score (nSPS) is 15.1. The number of alkyl halides is 3. The predicted octanol–water partition coefficient (Wildman–Crippen LogP) is 4.58. The molecule has 0 atom stereocenters. The van der Waals surface area contributed by atoms with Crippen LogP contribution >= 0.6 is 0 Å². The average Bonchev–Trinajstić information content (AvgIpc) is 3.14. The Labute approximate surface area is 182 Å². The topological polar surface area (TPSA) is 58.3 Å². The predicted molar refractivity (Wildman–Crippen MR) is 114 cm³/mol. The highest BCUT2D eigenvalue weighted by molar-refractivity contribution is 5.98. The van der Waals surface area contributed by atoms with Gasteiger partial charge in [0, 0.05) is 35.8 Å². The number of nitrogens with zero attached hydrogens (tertiary/aromatic N) is 3. The van der Waals surface area contributed by atoms with E-state index >= 15 is 0 Å². The first kappa shape index (κ1) is 21.7. The standard InChI is InChI=1S/C24H20F3N3O2/c25-24(26,27)20-5-3-4-17(13-20)18(14-28)12-19-15-30(22-7-2-1-6-21(19)22)16-23(31)29-8-10-32-11-9-29/h1-7,12-13,15H,8-11,16H2. The Morgan fingerprint density at radius 1 is 1.12 bits per heavy atom. The van der Waals surface area contributed by atoms with E-state index < -0.39 is 11.7 Å². The van der Waals surface area contributed by atoms with Gasteiger partial charge in [-0.15, -0.1) is 0 Å². The summed E-state index contributed by atoms with van der Waals surface area (Å²) in [6, 6.07) is 14.1. The number of fused-ring (bicyclic) bond motifs is 1. The van der Waals surface area contributed by atoms with Gasteiger partial charge in [-0.05, 0) is 29.8 Å². The van der Waals surface area contributed by atoms with Gasteiger partial charge in [0.1, 0.15) is 6.54 Å². The van der Waals surface area contributed by atoms with Crippen LogP contribution in [-0.2, 0) is 22.3 Å². The highest BCUT2D eigenvalue weighted by Gasteiger charge is 2.30. The first-order valence-electron chi connectivity index (χ1n) is 10.1. The van der Waals surface area contributed by atoms with Crippen molar-refractivity contribution in [1.29, 1.82) is 5.26 Å². The quantitative estimate of drug-likeness (QED) is 0.559. The summed E-state index contributed by atoms with van der Waals surface area (Å²) in [4.78, 5) is 14.5. The largest absolute Gasteiger partial charge is 0.416 e. The number of hydrogen-bond donors (Lipinski definition) is 0. The van der Waals surface area contributed by atoms with Crippen LogP contribution in [0.15, 0.2) is 54.7 Å². The Hall–Kier alpha value is -3.57. The summed E-state index contributed by atoms with van der Waals surface area (Å²) in [7, 11) is 0. The van der Waals surface area contributed by atoms with Crippen molar-refractivity contribution in [2.75, 3.05) is 26.3 Å². The molecule has 164 valence electrons. The van der Waals surface area contributed by atoms with Crippen LogP contribution < -0.4 is 0 Å². The fourth-order valence-electron chi connectivity index (χ4n) is 3.78. The molecule has 0 N–H and O–H groups in total. The van der Waals surface area contributed by atoms with Gasteiger partial charge in [0.25, 0.3) is 0 Å². The van der Waals surface area contributed by atoms with Gasteiger partial charge in [-0.25, -0.2) is 0 Å². The highest BCUT2D eigenvalue weighted by Crippen LogP contribution is 2.32. The Kier molecular flexibility index (Phi) is 6.01. The van der Waals surface area contributed by atoms with E-state index in [9.17, 15) is 23.2 Å². The van der Waals surface area contributed by atoms with Crippen molar-refractivity contribution in [3.8, 4) is 6.07 Å². The number of nitriles is 1. The number of halogens is 3. The monoisotopic (exact) mass is 439 g/mol. The van der Waals surface area contributed by atoms with E-state index in [0.717, 1.165) is 23.0 Å². The number of rotatable bonds is 4. The number of allylic oxidation sites excluding steroid dienone is 1. The van der Waals surface area contributed by atoms with E-state index in [1.54, 1.807) is 21.7 Å². The minimum atomic E-state index is -4.49. The van der Waals surface area contributed by atoms with Crippen LogP contribution in [0.3, 0.4) is 0 Å². The third kappa shape index (κ3) is 4.53. The molecule has 0 spiro atoms. The first-order valence-corrected chi connectivity index (χ1v) is 10.1. The second kappa shape index (κ2) is 8.89. The molecule has 0 radical (unpaired) electrons. The molecule has 8 heteroatoms. The SMILES string of the molecule is N#CC(=Cc1cn(CC(=O)N2CCOCC2)c2ccccc12)c1cccc(C(F)(F)F)c1. The van der Waals surface area contributed by atoms with E-state index in [2.05, 4.69) is 0 Å². The van der Waals surface area contributed by atoms with Gasteiger partial charge in [-0.2, -0.15) is 18.4 Å². The summed E-state index contributed by atoms with van der Waals surface area (Å²) < 4.78 is 46.4. The number of carbonyl (C=O) groups excluding carboxylic acids is 1. The third-order valence-electron chi connectivity index (χ3n) is 5.41. The van der Waals surface area contributed by atoms with E-state index in [-0.39, 0.29) is 23.6 Å². The van der Waals surface area contributed by atoms with Gasteiger partial charge in [0.05, 0.1) is 30.4 Å². The van der Waals surface area contributed by atoms with Crippen LogP contribution in [0.1, 0.15) is 16.7 Å². The van der Waals surface area contributed by atoms with Crippen molar-refractivity contribution in [1.82, 2.24) is 9.47 Å². The van der Waals surface area contributed by atoms with Crippen LogP contribution in [0.25, 0.3) is 22.6 Å². The molecule has 5 nitrogen and oxygen atoms in total. The zero-order valence-corrected chi connectivity index (χ0v) is 17.1. The van der Waals surface area contributed by atoms with Crippen molar-refractivity contribution >= 4 is 28.5 Å². The average molecular weight is 439 g/mol. The molecule has 3 aromatic rings. The van der Waals surface area contributed by atoms with E-state index in [1.807, 2.05) is 30.3 Å². The Morgan fingerprint density at radius 2 is 1.88 bits per heavy atom. The zero-order valence-electron chi connectivity index (χ0n) is 17.1. The maximum atomic E-state index is 13.1. The molecule has 0 bridgehead atoms. The van der Waals surface area contributed by atoms with Crippen LogP contribution in [0.2, 0.25) is 0 Å². The highest BCUT2D eigenvalue weighted by atomic mass is 19.4. The number of carbonyl (C=O) groups is 1. The van der Waals surface area contributed by atoms with Crippen molar-refractivity contribution < 1.29 is 22.7 Å². The summed E-state index contributed by atoms with van der Waals surface area (Å²) >= 11 is 0. The lowest BCUT2D eigenvalue weighted by Crippen LogP contribution is -2.42. The Balaban J connectivity index is 1.70. The van der Waals surface area contributed by atoms with Crippen LogP contribution in [0.5, 0.6) is 0 Å². The number of amides is 1.